The van der Waals surface area contributed by atoms with E-state index in [-0.39, 0.29) is 11.8 Å². The molecule has 1 rings (SSSR count). The number of hydrogen-bond donors (Lipinski definition) is 3. The van der Waals surface area contributed by atoms with Crippen molar-refractivity contribution >= 4 is 29.7 Å². The molecule has 21 heavy (non-hydrogen) atoms. The lowest BCUT2D eigenvalue weighted by Crippen LogP contribution is -2.52. The highest BCUT2D eigenvalue weighted by atomic mass is 32.2. The van der Waals surface area contributed by atoms with Gasteiger partial charge in [-0.2, -0.15) is 11.8 Å². The maximum atomic E-state index is 12.1. The normalized spacial score (nSPS) is 19.7. The fourth-order valence-electron chi connectivity index (χ4n) is 2.31. The third-order valence-corrected chi connectivity index (χ3v) is 4.18. The summed E-state index contributed by atoms with van der Waals surface area (Å²) in [7, 11) is 1.57. The minimum Gasteiger partial charge on any atom is -0.480 e. The zero-order valence-electron chi connectivity index (χ0n) is 12.4. The number of nitrogens with one attached hydrogen (secondary N) is 2. The lowest BCUT2D eigenvalue weighted by atomic mass is 9.97. The summed E-state index contributed by atoms with van der Waals surface area (Å²) in [6.07, 6.45) is 3.76. The molecule has 0 aromatic heterocycles. The molecule has 2 unspecified atom stereocenters. The van der Waals surface area contributed by atoms with Gasteiger partial charge in [-0.05, 0) is 31.3 Å². The lowest BCUT2D eigenvalue weighted by Gasteiger charge is -2.32. The first-order valence-electron chi connectivity index (χ1n) is 6.98. The van der Waals surface area contributed by atoms with Crippen molar-refractivity contribution in [1.82, 2.24) is 15.5 Å². The first kappa shape index (κ1) is 17.6. The standard InChI is InChI=1S/C13H23N3O4S/c1-14-11(17)9-4-3-6-16(8-9)13(20)15-10(12(18)19)5-7-21-2/h9-10H,3-8H2,1-2H3,(H,14,17)(H,15,20)(H,18,19). The summed E-state index contributed by atoms with van der Waals surface area (Å²) in [6.45, 7) is 0.883. The average Bonchev–Trinajstić information content (AvgIpc) is 2.50. The third kappa shape index (κ3) is 5.45. The van der Waals surface area contributed by atoms with Crippen LogP contribution in [0.5, 0.6) is 0 Å². The van der Waals surface area contributed by atoms with Crippen LogP contribution in [-0.2, 0) is 9.59 Å². The molecule has 1 aliphatic heterocycles. The zero-order valence-corrected chi connectivity index (χ0v) is 13.2. The van der Waals surface area contributed by atoms with E-state index in [1.165, 1.54) is 16.7 Å². The second-order valence-electron chi connectivity index (χ2n) is 5.02. The Morgan fingerprint density at radius 1 is 1.43 bits per heavy atom. The SMILES string of the molecule is CNC(=O)C1CCCN(C(=O)NC(CCSC)C(=O)O)C1. The minimum absolute atomic E-state index is 0.0790. The molecule has 1 heterocycles. The topological polar surface area (TPSA) is 98.7 Å². The first-order chi connectivity index (χ1) is 9.99. The molecule has 3 N–H and O–H groups in total. The van der Waals surface area contributed by atoms with Gasteiger partial charge in [0.1, 0.15) is 6.04 Å². The van der Waals surface area contributed by atoms with Crippen LogP contribution in [0.3, 0.4) is 0 Å². The Hall–Kier alpha value is -1.44. The second kappa shape index (κ2) is 8.76. The summed E-state index contributed by atoms with van der Waals surface area (Å²) < 4.78 is 0. The van der Waals surface area contributed by atoms with Gasteiger partial charge in [-0.1, -0.05) is 0 Å². The summed E-state index contributed by atoms with van der Waals surface area (Å²) >= 11 is 1.54. The van der Waals surface area contributed by atoms with Gasteiger partial charge in [-0.25, -0.2) is 9.59 Å². The highest BCUT2D eigenvalue weighted by Gasteiger charge is 2.29. The highest BCUT2D eigenvalue weighted by Crippen LogP contribution is 2.16. The molecular formula is C13H23N3O4S. The Morgan fingerprint density at radius 3 is 2.71 bits per heavy atom. The molecule has 1 fully saturated rings. The molecule has 0 radical (unpaired) electrons. The van der Waals surface area contributed by atoms with E-state index in [2.05, 4.69) is 10.6 Å². The fraction of sp³-hybridized carbons (Fsp3) is 0.769. The number of hydrogen-bond acceptors (Lipinski definition) is 4. The van der Waals surface area contributed by atoms with Crippen molar-refractivity contribution in [2.75, 3.05) is 32.1 Å². The van der Waals surface area contributed by atoms with Crippen LogP contribution in [0.2, 0.25) is 0 Å². The number of nitrogens with zero attached hydrogens (tertiary/aromatic N) is 1. The number of amides is 3. The van der Waals surface area contributed by atoms with Gasteiger partial charge in [0.2, 0.25) is 5.91 Å². The molecule has 0 bridgehead atoms. The van der Waals surface area contributed by atoms with Gasteiger partial charge >= 0.3 is 12.0 Å². The van der Waals surface area contributed by atoms with Gasteiger partial charge in [0.25, 0.3) is 0 Å². The van der Waals surface area contributed by atoms with Crippen LogP contribution in [0, 0.1) is 5.92 Å². The Balaban J connectivity index is 2.56. The lowest BCUT2D eigenvalue weighted by molar-refractivity contribution is -0.139. The molecule has 3 amide bonds. The molecule has 8 heteroatoms. The third-order valence-electron chi connectivity index (χ3n) is 3.53. The molecule has 0 saturated carbocycles. The van der Waals surface area contributed by atoms with Crippen LogP contribution in [0.25, 0.3) is 0 Å². The Bertz CT molecular complexity index is 392. The predicted molar refractivity (Wildman–Crippen MR) is 81.3 cm³/mol. The van der Waals surface area contributed by atoms with E-state index in [1.807, 2.05) is 6.26 Å². The second-order valence-corrected chi connectivity index (χ2v) is 6.01. The van der Waals surface area contributed by atoms with Gasteiger partial charge in [0.15, 0.2) is 0 Å². The predicted octanol–water partition coefficient (Wildman–Crippen LogP) is 0.360. The Kier molecular flexibility index (Phi) is 7.35. The number of carboxylic acid groups (broad SMARTS) is 1. The van der Waals surface area contributed by atoms with E-state index in [9.17, 15) is 14.4 Å². The number of likely N-dealkylation sites (tertiary alicyclic amines) is 1. The first-order valence-corrected chi connectivity index (χ1v) is 8.37. The van der Waals surface area contributed by atoms with Crippen LogP contribution in [-0.4, -0.2) is 66.1 Å². The quantitative estimate of drug-likeness (QED) is 0.657. The Labute approximate surface area is 128 Å². The van der Waals surface area contributed by atoms with Crippen molar-refractivity contribution in [1.29, 1.82) is 0 Å². The summed E-state index contributed by atoms with van der Waals surface area (Å²) in [5, 5.41) is 14.2. The fourth-order valence-corrected chi connectivity index (χ4v) is 2.78. The number of carbonyl (C=O) groups excluding carboxylic acids is 2. The largest absolute Gasteiger partial charge is 0.480 e. The maximum Gasteiger partial charge on any atom is 0.326 e. The summed E-state index contributed by atoms with van der Waals surface area (Å²) in [5.74, 6) is -0.663. The summed E-state index contributed by atoms with van der Waals surface area (Å²) in [6, 6.07) is -1.29. The van der Waals surface area contributed by atoms with E-state index < -0.39 is 18.0 Å². The number of carboxylic acids is 1. The van der Waals surface area contributed by atoms with Gasteiger partial charge in [-0.15, -0.1) is 0 Å². The van der Waals surface area contributed by atoms with Gasteiger partial charge in [-0.3, -0.25) is 4.79 Å². The van der Waals surface area contributed by atoms with Crippen LogP contribution in [0.15, 0.2) is 0 Å². The maximum absolute atomic E-state index is 12.1. The number of aliphatic carboxylic acids is 1. The number of piperidine rings is 1. The van der Waals surface area contributed by atoms with E-state index >= 15 is 0 Å². The van der Waals surface area contributed by atoms with Crippen molar-refractivity contribution in [3.8, 4) is 0 Å². The summed E-state index contributed by atoms with van der Waals surface area (Å²) in [4.78, 5) is 36.4. The molecule has 7 nitrogen and oxygen atoms in total. The van der Waals surface area contributed by atoms with E-state index in [4.69, 9.17) is 5.11 Å². The smallest absolute Gasteiger partial charge is 0.326 e. The van der Waals surface area contributed by atoms with Crippen molar-refractivity contribution in [2.45, 2.75) is 25.3 Å². The number of carbonyl (C=O) groups is 3. The van der Waals surface area contributed by atoms with Gasteiger partial charge in [0.05, 0.1) is 5.92 Å². The monoisotopic (exact) mass is 317 g/mol. The Morgan fingerprint density at radius 2 is 2.14 bits per heavy atom. The molecule has 0 aromatic carbocycles. The molecular weight excluding hydrogens is 294 g/mol. The van der Waals surface area contributed by atoms with Crippen molar-refractivity contribution in [3.63, 3.8) is 0 Å². The molecule has 0 aliphatic carbocycles. The van der Waals surface area contributed by atoms with Crippen LogP contribution in [0.4, 0.5) is 4.79 Å². The zero-order chi connectivity index (χ0) is 15.8. The van der Waals surface area contributed by atoms with E-state index in [0.717, 1.165) is 12.8 Å². The molecule has 120 valence electrons. The molecule has 1 aliphatic rings. The molecule has 0 aromatic rings. The van der Waals surface area contributed by atoms with Crippen molar-refractivity contribution < 1.29 is 19.5 Å². The molecule has 2 atom stereocenters. The number of thioether (sulfide) groups is 1. The van der Waals surface area contributed by atoms with Gasteiger partial charge < -0.3 is 20.6 Å². The number of urea groups is 1. The van der Waals surface area contributed by atoms with E-state index in [0.29, 0.717) is 25.3 Å². The van der Waals surface area contributed by atoms with Crippen LogP contribution in [0.1, 0.15) is 19.3 Å². The summed E-state index contributed by atoms with van der Waals surface area (Å²) in [5.41, 5.74) is 0. The minimum atomic E-state index is -1.03. The van der Waals surface area contributed by atoms with Crippen LogP contribution >= 0.6 is 11.8 Å². The van der Waals surface area contributed by atoms with Crippen molar-refractivity contribution in [2.24, 2.45) is 5.92 Å². The van der Waals surface area contributed by atoms with Crippen LogP contribution < -0.4 is 10.6 Å². The van der Waals surface area contributed by atoms with E-state index in [1.54, 1.807) is 7.05 Å². The van der Waals surface area contributed by atoms with Crippen molar-refractivity contribution in [3.05, 3.63) is 0 Å². The molecule has 1 saturated heterocycles. The number of rotatable bonds is 6. The highest BCUT2D eigenvalue weighted by molar-refractivity contribution is 7.98. The molecule has 0 spiro atoms. The van der Waals surface area contributed by atoms with Gasteiger partial charge in [0, 0.05) is 20.1 Å². The average molecular weight is 317 g/mol.